The molecule has 1 fully saturated rings. The van der Waals surface area contributed by atoms with E-state index < -0.39 is 0 Å². The predicted octanol–water partition coefficient (Wildman–Crippen LogP) is 4.23. The van der Waals surface area contributed by atoms with Crippen molar-refractivity contribution in [3.63, 3.8) is 0 Å². The van der Waals surface area contributed by atoms with Gasteiger partial charge < -0.3 is 9.84 Å². The molecule has 1 aliphatic heterocycles. The van der Waals surface area contributed by atoms with Gasteiger partial charge in [-0.1, -0.05) is 24.3 Å². The molecule has 1 unspecified atom stereocenters. The van der Waals surface area contributed by atoms with Gasteiger partial charge in [-0.3, -0.25) is 4.84 Å². The molecule has 136 valence electrons. The van der Waals surface area contributed by atoms with Gasteiger partial charge in [0.15, 0.2) is 0 Å². The van der Waals surface area contributed by atoms with E-state index in [1.165, 1.54) is 6.42 Å². The maximum Gasteiger partial charge on any atom is 0.102 e. The first-order valence-electron chi connectivity index (χ1n) is 9.01. The first kappa shape index (κ1) is 19.4. The fourth-order valence-electron chi connectivity index (χ4n) is 3.62. The average molecular weight is 335 g/mol. The lowest BCUT2D eigenvalue weighted by Crippen LogP contribution is -2.58. The highest BCUT2D eigenvalue weighted by Crippen LogP contribution is 2.40. The molecule has 1 saturated heterocycles. The highest BCUT2D eigenvalue weighted by Gasteiger charge is 2.43. The summed E-state index contributed by atoms with van der Waals surface area (Å²) in [7, 11) is 0. The summed E-state index contributed by atoms with van der Waals surface area (Å²) in [5.41, 5.74) is 2.37. The maximum absolute atomic E-state index is 8.76. The average Bonchev–Trinajstić information content (AvgIpc) is 2.51. The molecule has 0 bridgehead atoms. The number of ether oxygens (including phenoxy) is 1. The van der Waals surface area contributed by atoms with E-state index in [1.54, 1.807) is 0 Å². The van der Waals surface area contributed by atoms with Crippen molar-refractivity contribution >= 4 is 0 Å². The monoisotopic (exact) mass is 335 g/mol. The van der Waals surface area contributed by atoms with Crippen LogP contribution in [0.4, 0.5) is 0 Å². The van der Waals surface area contributed by atoms with Crippen LogP contribution >= 0.6 is 0 Å². The molecule has 0 spiro atoms. The zero-order valence-electron chi connectivity index (χ0n) is 15.8. The van der Waals surface area contributed by atoms with Gasteiger partial charge in [0, 0.05) is 11.1 Å². The van der Waals surface area contributed by atoms with Crippen molar-refractivity contribution in [2.75, 3.05) is 13.2 Å². The van der Waals surface area contributed by atoms with Gasteiger partial charge in [0.1, 0.15) is 6.10 Å². The van der Waals surface area contributed by atoms with Gasteiger partial charge in [0.2, 0.25) is 0 Å². The molecule has 4 nitrogen and oxygen atoms in total. The van der Waals surface area contributed by atoms with Crippen molar-refractivity contribution in [1.29, 1.82) is 0 Å². The summed E-state index contributed by atoms with van der Waals surface area (Å²) in [4.78, 5) is 6.42. The second-order valence-electron chi connectivity index (χ2n) is 8.04. The Hall–Kier alpha value is -0.940. The van der Waals surface area contributed by atoms with Gasteiger partial charge in [-0.25, -0.2) is 0 Å². The van der Waals surface area contributed by atoms with Crippen molar-refractivity contribution in [2.24, 2.45) is 0 Å². The topological polar surface area (TPSA) is 41.9 Å². The molecule has 0 aromatic heterocycles. The molecule has 1 N–H and O–H groups in total. The Balaban J connectivity index is 2.01. The van der Waals surface area contributed by atoms with Crippen molar-refractivity contribution < 1.29 is 14.7 Å². The first-order chi connectivity index (χ1) is 11.3. The van der Waals surface area contributed by atoms with Crippen LogP contribution in [0.2, 0.25) is 0 Å². The van der Waals surface area contributed by atoms with Gasteiger partial charge in [0.05, 0.1) is 19.8 Å². The fourth-order valence-corrected chi connectivity index (χ4v) is 3.62. The number of rotatable bonds is 7. The third-order valence-corrected chi connectivity index (χ3v) is 4.89. The fraction of sp³-hybridized carbons (Fsp3) is 0.700. The van der Waals surface area contributed by atoms with Crippen molar-refractivity contribution in [1.82, 2.24) is 5.06 Å². The van der Waals surface area contributed by atoms with Crippen LogP contribution in [0.15, 0.2) is 24.3 Å². The molecule has 1 heterocycles. The third kappa shape index (κ3) is 4.79. The largest absolute Gasteiger partial charge is 0.394 e. The van der Waals surface area contributed by atoms with E-state index in [2.05, 4.69) is 63.9 Å². The maximum atomic E-state index is 8.76. The highest BCUT2D eigenvalue weighted by molar-refractivity contribution is 5.23. The molecule has 1 aliphatic rings. The molecular weight excluding hydrogens is 302 g/mol. The van der Waals surface area contributed by atoms with Crippen molar-refractivity contribution in [3.8, 4) is 0 Å². The van der Waals surface area contributed by atoms with Crippen LogP contribution in [0.3, 0.4) is 0 Å². The summed E-state index contributed by atoms with van der Waals surface area (Å²) in [6, 6.07) is 8.34. The highest BCUT2D eigenvalue weighted by atomic mass is 16.7. The van der Waals surface area contributed by atoms with E-state index in [9.17, 15) is 0 Å². The number of piperidine rings is 1. The number of hydrogen-bond donors (Lipinski definition) is 1. The number of benzene rings is 1. The van der Waals surface area contributed by atoms with Gasteiger partial charge in [-0.15, -0.1) is 0 Å². The molecule has 24 heavy (non-hydrogen) atoms. The molecule has 0 aliphatic carbocycles. The van der Waals surface area contributed by atoms with Gasteiger partial charge in [0.25, 0.3) is 0 Å². The van der Waals surface area contributed by atoms with Gasteiger partial charge in [-0.2, -0.15) is 5.06 Å². The number of aliphatic hydroxyl groups is 1. The number of nitrogens with zero attached hydrogens (tertiary/aromatic N) is 1. The Morgan fingerprint density at radius 1 is 1.08 bits per heavy atom. The van der Waals surface area contributed by atoms with Crippen LogP contribution in [0.25, 0.3) is 0 Å². The zero-order chi connectivity index (χ0) is 17.8. The van der Waals surface area contributed by atoms with Crippen LogP contribution < -0.4 is 0 Å². The Labute approximate surface area is 146 Å². The summed E-state index contributed by atoms with van der Waals surface area (Å²) in [5.74, 6) is 0. The first-order valence-corrected chi connectivity index (χ1v) is 9.01. The van der Waals surface area contributed by atoms with E-state index in [0.29, 0.717) is 13.2 Å². The zero-order valence-corrected chi connectivity index (χ0v) is 15.8. The second-order valence-corrected chi connectivity index (χ2v) is 8.04. The van der Waals surface area contributed by atoms with E-state index in [4.69, 9.17) is 14.7 Å². The van der Waals surface area contributed by atoms with Crippen molar-refractivity contribution in [3.05, 3.63) is 35.4 Å². The molecule has 1 atom stereocenters. The smallest absolute Gasteiger partial charge is 0.102 e. The predicted molar refractivity (Wildman–Crippen MR) is 96.5 cm³/mol. The lowest BCUT2D eigenvalue weighted by molar-refractivity contribution is -0.304. The molecule has 2 rings (SSSR count). The Morgan fingerprint density at radius 2 is 1.67 bits per heavy atom. The summed E-state index contributed by atoms with van der Waals surface area (Å²) in [6.45, 7) is 12.1. The van der Waals surface area contributed by atoms with Crippen LogP contribution in [0.1, 0.15) is 71.1 Å². The molecule has 0 radical (unpaired) electrons. The van der Waals surface area contributed by atoms with Crippen LogP contribution in [0.5, 0.6) is 0 Å². The van der Waals surface area contributed by atoms with Crippen LogP contribution in [-0.2, 0) is 16.2 Å². The minimum atomic E-state index is 0.00839. The van der Waals surface area contributed by atoms with Crippen LogP contribution in [-0.4, -0.2) is 34.5 Å². The molecular formula is C20H33NO3. The summed E-state index contributed by atoms with van der Waals surface area (Å²) >= 11 is 0. The van der Waals surface area contributed by atoms with E-state index in [0.717, 1.165) is 24.0 Å². The van der Waals surface area contributed by atoms with E-state index >= 15 is 0 Å². The molecule has 4 heteroatoms. The van der Waals surface area contributed by atoms with Crippen molar-refractivity contribution in [2.45, 2.75) is 77.7 Å². The Bertz CT molecular complexity index is 494. The van der Waals surface area contributed by atoms with E-state index in [-0.39, 0.29) is 23.8 Å². The number of aliphatic hydroxyl groups excluding tert-OH is 1. The number of hydroxylamine groups is 2. The summed E-state index contributed by atoms with van der Waals surface area (Å²) in [6.07, 6.45) is 3.57. The summed E-state index contributed by atoms with van der Waals surface area (Å²) in [5, 5.41) is 11.0. The SMILES string of the molecule is CC(ON1C(C)(C)CCCC1(C)C)c1ccc(COCCO)cc1. The molecule has 1 aromatic rings. The number of hydrogen-bond acceptors (Lipinski definition) is 4. The lowest BCUT2D eigenvalue weighted by atomic mass is 9.82. The Kier molecular flexibility index (Phi) is 6.43. The summed E-state index contributed by atoms with van der Waals surface area (Å²) < 4.78 is 5.36. The lowest BCUT2D eigenvalue weighted by Gasteiger charge is -2.52. The molecule has 0 amide bonds. The third-order valence-electron chi connectivity index (χ3n) is 4.89. The normalized spacial score (nSPS) is 21.6. The van der Waals surface area contributed by atoms with Crippen LogP contribution in [0, 0.1) is 0 Å². The van der Waals surface area contributed by atoms with Gasteiger partial charge in [-0.05, 0) is 65.0 Å². The van der Waals surface area contributed by atoms with E-state index in [1.807, 2.05) is 0 Å². The minimum absolute atomic E-state index is 0.00839. The standard InChI is InChI=1S/C20H33NO3/c1-16(18-9-7-17(8-10-18)15-23-14-13-22)24-21-19(2,3)11-6-12-20(21,4)5/h7-10,16,22H,6,11-15H2,1-5H3. The second kappa shape index (κ2) is 7.96. The quantitative estimate of drug-likeness (QED) is 0.757. The molecule has 0 saturated carbocycles. The van der Waals surface area contributed by atoms with Gasteiger partial charge >= 0.3 is 0 Å². The Morgan fingerprint density at radius 3 is 2.21 bits per heavy atom. The minimum Gasteiger partial charge on any atom is -0.394 e. The molecule has 1 aromatic carbocycles.